The number of hydrogen-bond acceptors (Lipinski definition) is 5. The Morgan fingerprint density at radius 3 is 3.00 bits per heavy atom. The first kappa shape index (κ1) is 12.4. The van der Waals surface area contributed by atoms with Gasteiger partial charge in [0.05, 0.1) is 5.01 Å². The summed E-state index contributed by atoms with van der Waals surface area (Å²) in [5.74, 6) is 6.69. The van der Waals surface area contributed by atoms with E-state index in [1.807, 2.05) is 11.6 Å². The minimum absolute atomic E-state index is 0.358. The highest BCUT2D eigenvalue weighted by atomic mass is 32.2. The van der Waals surface area contributed by atoms with Crippen LogP contribution in [0.1, 0.15) is 30.7 Å². The summed E-state index contributed by atoms with van der Waals surface area (Å²) in [7, 11) is 0. The molecule has 5 heteroatoms. The van der Waals surface area contributed by atoms with Gasteiger partial charge in [-0.25, -0.2) is 4.98 Å². The number of thioether (sulfide) groups is 1. The van der Waals surface area contributed by atoms with Crippen molar-refractivity contribution in [3.05, 3.63) is 16.6 Å². The molecule has 1 aromatic rings. The Bertz CT molecular complexity index is 283. The van der Waals surface area contributed by atoms with Gasteiger partial charge in [0, 0.05) is 35.0 Å². The molecule has 3 nitrogen and oxygen atoms in total. The molecule has 0 bridgehead atoms. The fourth-order valence-electron chi connectivity index (χ4n) is 2.04. The Kier molecular flexibility index (Phi) is 5.09. The minimum Gasteiger partial charge on any atom is -0.271 e. The topological polar surface area (TPSA) is 50.9 Å². The third kappa shape index (κ3) is 3.73. The largest absolute Gasteiger partial charge is 0.271 e. The molecule has 1 unspecified atom stereocenters. The van der Waals surface area contributed by atoms with Crippen molar-refractivity contribution in [3.8, 4) is 0 Å². The van der Waals surface area contributed by atoms with Gasteiger partial charge >= 0.3 is 0 Å². The van der Waals surface area contributed by atoms with Crippen molar-refractivity contribution in [2.24, 2.45) is 5.84 Å². The first-order chi connectivity index (χ1) is 7.88. The molecule has 16 heavy (non-hydrogen) atoms. The van der Waals surface area contributed by atoms with Crippen LogP contribution in [-0.2, 0) is 6.42 Å². The minimum atomic E-state index is 0.358. The molecule has 1 heterocycles. The molecule has 0 spiro atoms. The van der Waals surface area contributed by atoms with Crippen LogP contribution in [0.5, 0.6) is 0 Å². The van der Waals surface area contributed by atoms with Crippen LogP contribution < -0.4 is 11.3 Å². The van der Waals surface area contributed by atoms with Crippen molar-refractivity contribution in [2.75, 3.05) is 5.75 Å². The zero-order valence-electron chi connectivity index (χ0n) is 9.39. The lowest BCUT2D eigenvalue weighted by Crippen LogP contribution is -2.39. The summed E-state index contributed by atoms with van der Waals surface area (Å²) in [5.41, 5.74) is 2.91. The maximum atomic E-state index is 5.59. The predicted octanol–water partition coefficient (Wildman–Crippen LogP) is 2.19. The van der Waals surface area contributed by atoms with E-state index in [9.17, 15) is 0 Å². The molecule has 0 aliphatic heterocycles. The normalized spacial score (nSPS) is 19.1. The molecule has 1 fully saturated rings. The number of nitrogens with two attached hydrogens (primary N) is 1. The van der Waals surface area contributed by atoms with Gasteiger partial charge in [-0.15, -0.1) is 11.3 Å². The first-order valence-corrected chi connectivity index (χ1v) is 7.77. The van der Waals surface area contributed by atoms with Crippen LogP contribution in [0.2, 0.25) is 0 Å². The van der Waals surface area contributed by atoms with Gasteiger partial charge < -0.3 is 0 Å². The lowest BCUT2D eigenvalue weighted by Gasteiger charge is -2.16. The average Bonchev–Trinajstić information content (AvgIpc) is 2.97. The van der Waals surface area contributed by atoms with Gasteiger partial charge in [-0.3, -0.25) is 11.3 Å². The van der Waals surface area contributed by atoms with Crippen molar-refractivity contribution in [3.63, 3.8) is 0 Å². The van der Waals surface area contributed by atoms with Crippen LogP contribution in [0.15, 0.2) is 11.6 Å². The number of nitrogens with zero attached hydrogens (tertiary/aromatic N) is 1. The number of aromatic nitrogens is 1. The van der Waals surface area contributed by atoms with Crippen LogP contribution in [0.3, 0.4) is 0 Å². The Morgan fingerprint density at radius 2 is 2.38 bits per heavy atom. The van der Waals surface area contributed by atoms with E-state index in [0.29, 0.717) is 6.04 Å². The summed E-state index contributed by atoms with van der Waals surface area (Å²) in [6, 6.07) is 0.358. The molecular formula is C11H19N3S2. The maximum Gasteiger partial charge on any atom is 0.0941 e. The van der Waals surface area contributed by atoms with Gasteiger partial charge in [0.2, 0.25) is 0 Å². The van der Waals surface area contributed by atoms with Gasteiger partial charge in [0.15, 0.2) is 0 Å². The summed E-state index contributed by atoms with van der Waals surface area (Å²) in [5, 5.41) is 4.06. The van der Waals surface area contributed by atoms with E-state index in [2.05, 4.69) is 22.2 Å². The average molecular weight is 257 g/mol. The molecule has 0 saturated heterocycles. The highest BCUT2D eigenvalue weighted by molar-refractivity contribution is 7.99. The zero-order valence-corrected chi connectivity index (χ0v) is 11.0. The monoisotopic (exact) mass is 257 g/mol. The molecule has 1 aromatic heterocycles. The summed E-state index contributed by atoms with van der Waals surface area (Å²) in [4.78, 5) is 4.30. The Labute approximate surface area is 105 Å². The van der Waals surface area contributed by atoms with Crippen molar-refractivity contribution in [1.82, 2.24) is 10.4 Å². The van der Waals surface area contributed by atoms with Gasteiger partial charge in [0.25, 0.3) is 0 Å². The second kappa shape index (κ2) is 6.59. The van der Waals surface area contributed by atoms with Gasteiger partial charge in [0.1, 0.15) is 0 Å². The maximum absolute atomic E-state index is 5.59. The van der Waals surface area contributed by atoms with Gasteiger partial charge in [-0.2, -0.15) is 11.8 Å². The number of thiazole rings is 1. The zero-order chi connectivity index (χ0) is 11.2. The van der Waals surface area contributed by atoms with Crippen LogP contribution in [-0.4, -0.2) is 22.0 Å². The van der Waals surface area contributed by atoms with E-state index in [-0.39, 0.29) is 0 Å². The molecule has 2 rings (SSSR count). The fourth-order valence-corrected chi connectivity index (χ4v) is 4.12. The SMILES string of the molecule is NNC(CSC1CCCC1)Cc1nccs1. The van der Waals surface area contributed by atoms with E-state index in [4.69, 9.17) is 5.84 Å². The van der Waals surface area contributed by atoms with Gasteiger partial charge in [-0.1, -0.05) is 12.8 Å². The Morgan fingerprint density at radius 1 is 1.56 bits per heavy atom. The van der Waals surface area contributed by atoms with Crippen LogP contribution >= 0.6 is 23.1 Å². The Balaban J connectivity index is 1.72. The summed E-state index contributed by atoms with van der Waals surface area (Å²) >= 11 is 3.78. The van der Waals surface area contributed by atoms with Crippen LogP contribution in [0, 0.1) is 0 Å². The fraction of sp³-hybridized carbons (Fsp3) is 0.727. The predicted molar refractivity (Wildman–Crippen MR) is 71.6 cm³/mol. The number of rotatable bonds is 6. The molecule has 0 amide bonds. The molecule has 0 aromatic carbocycles. The summed E-state index contributed by atoms with van der Waals surface area (Å²) < 4.78 is 0. The highest BCUT2D eigenvalue weighted by Crippen LogP contribution is 2.29. The second-order valence-electron chi connectivity index (χ2n) is 4.23. The van der Waals surface area contributed by atoms with E-state index < -0.39 is 0 Å². The molecule has 1 aliphatic rings. The number of nitrogens with one attached hydrogen (secondary N) is 1. The molecule has 1 saturated carbocycles. The van der Waals surface area contributed by atoms with Crippen molar-refractivity contribution >= 4 is 23.1 Å². The second-order valence-corrected chi connectivity index (χ2v) is 6.55. The number of hydrazine groups is 1. The van der Waals surface area contributed by atoms with Crippen LogP contribution in [0.25, 0.3) is 0 Å². The quantitative estimate of drug-likeness (QED) is 0.606. The van der Waals surface area contributed by atoms with E-state index in [1.165, 1.54) is 30.7 Å². The molecule has 1 atom stereocenters. The van der Waals surface area contributed by atoms with Crippen LogP contribution in [0.4, 0.5) is 0 Å². The molecule has 90 valence electrons. The molecule has 1 aliphatic carbocycles. The smallest absolute Gasteiger partial charge is 0.0941 e. The lowest BCUT2D eigenvalue weighted by atomic mass is 10.2. The third-order valence-electron chi connectivity index (χ3n) is 2.98. The lowest BCUT2D eigenvalue weighted by molar-refractivity contribution is 0.573. The molecule has 3 N–H and O–H groups in total. The standard InChI is InChI=1S/C11H19N3S2/c12-14-9(7-11-13-5-6-15-11)8-16-10-3-1-2-4-10/h5-6,9-10,14H,1-4,7-8,12H2. The Hall–Kier alpha value is -0.100. The van der Waals surface area contributed by atoms with Crippen molar-refractivity contribution in [2.45, 2.75) is 43.4 Å². The van der Waals surface area contributed by atoms with Gasteiger partial charge in [-0.05, 0) is 12.8 Å². The molecule has 0 radical (unpaired) electrons. The summed E-state index contributed by atoms with van der Waals surface area (Å²) in [6.07, 6.45) is 8.40. The highest BCUT2D eigenvalue weighted by Gasteiger charge is 2.18. The molecular weight excluding hydrogens is 238 g/mol. The first-order valence-electron chi connectivity index (χ1n) is 5.84. The van der Waals surface area contributed by atoms with Crippen molar-refractivity contribution < 1.29 is 0 Å². The summed E-state index contributed by atoms with van der Waals surface area (Å²) in [6.45, 7) is 0. The third-order valence-corrected chi connectivity index (χ3v) is 5.32. The van der Waals surface area contributed by atoms with E-state index >= 15 is 0 Å². The van der Waals surface area contributed by atoms with E-state index in [1.54, 1.807) is 11.3 Å². The van der Waals surface area contributed by atoms with Crippen molar-refractivity contribution in [1.29, 1.82) is 0 Å². The van der Waals surface area contributed by atoms with E-state index in [0.717, 1.165) is 17.4 Å². The number of hydrogen-bond donors (Lipinski definition) is 2.